The molecule has 0 N–H and O–H groups in total. The molecule has 0 spiro atoms. The first-order valence-electron chi connectivity index (χ1n) is 13.3. The van der Waals surface area contributed by atoms with Crippen LogP contribution in [0.5, 0.6) is 0 Å². The molecule has 0 aliphatic heterocycles. The van der Waals surface area contributed by atoms with Crippen LogP contribution in [0, 0.1) is 45.9 Å². The first kappa shape index (κ1) is 31.8. The summed E-state index contributed by atoms with van der Waals surface area (Å²) >= 11 is 0.800. The molecule has 5 aromatic rings. The monoisotopic (exact) mass is 645 g/mol. The minimum atomic E-state index is -5.74. The first-order valence-corrected chi connectivity index (χ1v) is 14.1. The van der Waals surface area contributed by atoms with Crippen LogP contribution in [0.2, 0.25) is 0 Å². The van der Waals surface area contributed by atoms with Crippen molar-refractivity contribution in [1.82, 2.24) is 0 Å². The third-order valence-electron chi connectivity index (χ3n) is 6.76. The lowest BCUT2D eigenvalue weighted by Gasteiger charge is -2.25. The topological polar surface area (TPSA) is 50.8 Å². The molecule has 0 aliphatic rings. The molecule has 3 nitrogen and oxygen atoms in total. The highest BCUT2D eigenvalue weighted by Gasteiger charge is 2.43. The summed E-state index contributed by atoms with van der Waals surface area (Å²) < 4.78 is 98.1. The molecular formula is C35H18F7N3S. The van der Waals surface area contributed by atoms with E-state index in [2.05, 4.69) is 4.90 Å². The molecule has 0 aliphatic carbocycles. The fraction of sp³-hybridized carbons (Fsp3) is 0.0286. The molecule has 0 amide bonds. The molecule has 0 unspecified atom stereocenters. The van der Waals surface area contributed by atoms with Crippen molar-refractivity contribution in [2.24, 2.45) is 0 Å². The molecule has 0 bridgehead atoms. The Morgan fingerprint density at radius 3 is 1.61 bits per heavy atom. The van der Waals surface area contributed by atoms with Gasteiger partial charge in [0.25, 0.3) is 0 Å². The SMILES string of the molecule is N#CC(C#N)=C(c1ccc(/C=C/c2ccc(N(c3ccccc3)c3ccccc3)cc2)s1)c1c(F)c(F)c(C(F)(F)F)c(F)c1F. The minimum Gasteiger partial charge on any atom is -0.311 e. The average Bonchev–Trinajstić information content (AvgIpc) is 3.52. The maximum Gasteiger partial charge on any atom is 0.422 e. The van der Waals surface area contributed by atoms with Gasteiger partial charge in [-0.1, -0.05) is 54.6 Å². The van der Waals surface area contributed by atoms with Crippen molar-refractivity contribution in [2.45, 2.75) is 6.18 Å². The zero-order valence-electron chi connectivity index (χ0n) is 23.3. The van der Waals surface area contributed by atoms with E-state index >= 15 is 0 Å². The molecule has 0 saturated carbocycles. The van der Waals surface area contributed by atoms with Crippen LogP contribution < -0.4 is 4.90 Å². The Morgan fingerprint density at radius 1 is 0.630 bits per heavy atom. The van der Waals surface area contributed by atoms with Gasteiger partial charge in [-0.05, 0) is 60.2 Å². The zero-order valence-corrected chi connectivity index (χ0v) is 24.1. The predicted molar refractivity (Wildman–Crippen MR) is 163 cm³/mol. The number of alkyl halides is 3. The van der Waals surface area contributed by atoms with E-state index in [-0.39, 0.29) is 4.88 Å². The highest BCUT2D eigenvalue weighted by atomic mass is 32.1. The normalized spacial score (nSPS) is 11.2. The van der Waals surface area contributed by atoms with E-state index in [4.69, 9.17) is 0 Å². The van der Waals surface area contributed by atoms with Gasteiger partial charge in [0.05, 0.1) is 5.56 Å². The van der Waals surface area contributed by atoms with Gasteiger partial charge >= 0.3 is 6.18 Å². The van der Waals surface area contributed by atoms with E-state index in [0.29, 0.717) is 4.88 Å². The third kappa shape index (κ3) is 6.27. The van der Waals surface area contributed by atoms with Crippen molar-refractivity contribution in [3.05, 3.63) is 152 Å². The van der Waals surface area contributed by atoms with Crippen molar-refractivity contribution < 1.29 is 30.7 Å². The lowest BCUT2D eigenvalue weighted by Crippen LogP contribution is -2.17. The molecular weight excluding hydrogens is 627 g/mol. The summed E-state index contributed by atoms with van der Waals surface area (Å²) in [6.45, 7) is 0. The van der Waals surface area contributed by atoms with Crippen LogP contribution in [-0.2, 0) is 6.18 Å². The summed E-state index contributed by atoms with van der Waals surface area (Å²) in [4.78, 5) is 2.33. The predicted octanol–water partition coefficient (Wildman–Crippen LogP) is 10.8. The lowest BCUT2D eigenvalue weighted by atomic mass is 9.96. The van der Waals surface area contributed by atoms with Crippen LogP contribution in [-0.4, -0.2) is 0 Å². The Kier molecular flexibility index (Phi) is 9.08. The van der Waals surface area contributed by atoms with Crippen molar-refractivity contribution in [1.29, 1.82) is 10.5 Å². The molecule has 4 aromatic carbocycles. The summed E-state index contributed by atoms with van der Waals surface area (Å²) in [5, 5.41) is 18.9. The number of para-hydroxylation sites is 2. The summed E-state index contributed by atoms with van der Waals surface area (Å²) in [6, 6.07) is 32.5. The van der Waals surface area contributed by atoms with Gasteiger partial charge in [-0.2, -0.15) is 23.7 Å². The third-order valence-corrected chi connectivity index (χ3v) is 7.83. The quantitative estimate of drug-likeness (QED) is 0.101. The van der Waals surface area contributed by atoms with Gasteiger partial charge in [-0.15, -0.1) is 11.3 Å². The Labute approximate surface area is 262 Å². The highest BCUT2D eigenvalue weighted by molar-refractivity contribution is 7.14. The van der Waals surface area contributed by atoms with Crippen LogP contribution in [0.15, 0.2) is 103 Å². The molecule has 228 valence electrons. The van der Waals surface area contributed by atoms with Crippen molar-refractivity contribution in [2.75, 3.05) is 4.90 Å². The Hall–Kier alpha value is -5.65. The largest absolute Gasteiger partial charge is 0.422 e. The number of halogens is 7. The van der Waals surface area contributed by atoms with Gasteiger partial charge in [-0.25, -0.2) is 17.6 Å². The van der Waals surface area contributed by atoms with Crippen LogP contribution in [0.3, 0.4) is 0 Å². The van der Waals surface area contributed by atoms with E-state index in [0.717, 1.165) is 34.0 Å². The summed E-state index contributed by atoms with van der Waals surface area (Å²) in [6.07, 6.45) is -2.41. The lowest BCUT2D eigenvalue weighted by molar-refractivity contribution is -0.143. The van der Waals surface area contributed by atoms with Gasteiger partial charge in [0, 0.05) is 32.4 Å². The van der Waals surface area contributed by atoms with Gasteiger partial charge in [-0.3, -0.25) is 0 Å². The van der Waals surface area contributed by atoms with E-state index in [1.165, 1.54) is 24.3 Å². The number of hydrogen-bond acceptors (Lipinski definition) is 4. The second-order valence-corrected chi connectivity index (χ2v) is 10.7. The van der Waals surface area contributed by atoms with E-state index in [9.17, 15) is 41.3 Å². The van der Waals surface area contributed by atoms with Crippen LogP contribution in [0.4, 0.5) is 47.8 Å². The van der Waals surface area contributed by atoms with Gasteiger partial charge in [0.2, 0.25) is 0 Å². The Morgan fingerprint density at radius 2 is 1.13 bits per heavy atom. The zero-order chi connectivity index (χ0) is 33.0. The van der Waals surface area contributed by atoms with Crippen LogP contribution in [0.1, 0.15) is 26.4 Å². The molecule has 46 heavy (non-hydrogen) atoms. The summed E-state index contributed by atoms with van der Waals surface area (Å²) in [5.41, 5.74) is -2.64. The van der Waals surface area contributed by atoms with Crippen molar-refractivity contribution in [3.63, 3.8) is 0 Å². The standard InChI is InChI=1S/C35H18F7N3S/c36-31-29(32(37)34(39)30(33(31)38)35(40,41)42)28(22(19-43)20-44)27-18-17-26(46-27)16-13-21-11-14-25(15-12-21)45(23-7-3-1-4-8-23)24-9-5-2-6-10-24/h1-18H/b16-13+. The van der Waals surface area contributed by atoms with Crippen LogP contribution in [0.25, 0.3) is 17.7 Å². The number of rotatable bonds is 7. The van der Waals surface area contributed by atoms with Gasteiger partial charge < -0.3 is 4.90 Å². The second kappa shape index (κ2) is 13.1. The van der Waals surface area contributed by atoms with Crippen LogP contribution >= 0.6 is 11.3 Å². The maximum atomic E-state index is 14.9. The molecule has 1 aromatic heterocycles. The van der Waals surface area contributed by atoms with E-state index in [1.807, 2.05) is 84.9 Å². The molecule has 11 heteroatoms. The summed E-state index contributed by atoms with van der Waals surface area (Å²) in [7, 11) is 0. The molecule has 0 radical (unpaired) electrons. The Balaban J connectivity index is 1.48. The second-order valence-electron chi connectivity index (χ2n) is 9.61. The van der Waals surface area contributed by atoms with E-state index in [1.54, 1.807) is 12.2 Å². The fourth-order valence-electron chi connectivity index (χ4n) is 4.70. The molecule has 0 atom stereocenters. The Bertz CT molecular complexity index is 1950. The fourth-order valence-corrected chi connectivity index (χ4v) is 5.67. The number of thiophene rings is 1. The van der Waals surface area contributed by atoms with Crippen molar-refractivity contribution in [3.8, 4) is 12.1 Å². The number of nitrogens with zero attached hydrogens (tertiary/aromatic N) is 3. The number of allylic oxidation sites excluding steroid dienone is 1. The molecule has 5 rings (SSSR count). The first-order chi connectivity index (χ1) is 22.0. The minimum absolute atomic E-state index is 0.175. The van der Waals surface area contributed by atoms with E-state index < -0.39 is 51.7 Å². The maximum absolute atomic E-state index is 14.9. The average molecular weight is 646 g/mol. The van der Waals surface area contributed by atoms with Gasteiger partial charge in [0.1, 0.15) is 23.3 Å². The molecule has 0 saturated heterocycles. The highest BCUT2D eigenvalue weighted by Crippen LogP contribution is 2.42. The smallest absolute Gasteiger partial charge is 0.311 e. The molecule has 1 heterocycles. The number of benzene rings is 4. The van der Waals surface area contributed by atoms with Crippen molar-refractivity contribution >= 4 is 46.1 Å². The molecule has 0 fully saturated rings. The summed E-state index contributed by atoms with van der Waals surface area (Å²) in [5.74, 6) is -10.1. The number of nitriles is 2. The number of hydrogen-bond donors (Lipinski definition) is 0. The number of anilines is 3. The van der Waals surface area contributed by atoms with Gasteiger partial charge in [0.15, 0.2) is 23.3 Å².